The highest BCUT2D eigenvalue weighted by atomic mass is 35.5. The lowest BCUT2D eigenvalue weighted by molar-refractivity contribution is -0.116. The second-order valence-corrected chi connectivity index (χ2v) is 7.19. The Morgan fingerprint density at radius 2 is 2.09 bits per heavy atom. The molecular weight excluding hydrogens is 365 g/mol. The van der Waals surface area contributed by atoms with Crippen molar-refractivity contribution in [1.29, 1.82) is 0 Å². The zero-order valence-electron chi connectivity index (χ0n) is 11.8. The molecule has 0 saturated heterocycles. The lowest BCUT2D eigenvalue weighted by atomic mass is 10.2. The van der Waals surface area contributed by atoms with Gasteiger partial charge in [0.25, 0.3) is 0 Å². The van der Waals surface area contributed by atoms with E-state index in [-0.39, 0.29) is 12.4 Å². The van der Waals surface area contributed by atoms with Crippen molar-refractivity contribution < 1.29 is 17.6 Å². The van der Waals surface area contributed by atoms with E-state index in [0.29, 0.717) is 15.6 Å². The minimum atomic E-state index is -3.57. The minimum Gasteiger partial charge on any atom is -0.411 e. The first-order chi connectivity index (χ1) is 10.8. The van der Waals surface area contributed by atoms with Gasteiger partial charge in [-0.25, -0.2) is 8.42 Å². The molecule has 1 amide bonds. The van der Waals surface area contributed by atoms with Crippen LogP contribution in [-0.2, 0) is 21.2 Å². The van der Waals surface area contributed by atoms with Gasteiger partial charge in [-0.3, -0.25) is 4.79 Å². The Kier molecular flexibility index (Phi) is 5.40. The first-order valence-corrected chi connectivity index (χ1v) is 8.84. The maximum atomic E-state index is 11.7. The zero-order valence-corrected chi connectivity index (χ0v) is 14.1. The van der Waals surface area contributed by atoms with E-state index in [4.69, 9.17) is 27.6 Å². The molecular formula is C13H11Cl2N3O4S. The van der Waals surface area contributed by atoms with Crippen molar-refractivity contribution in [3.8, 4) is 0 Å². The van der Waals surface area contributed by atoms with E-state index < -0.39 is 21.0 Å². The molecule has 2 aromatic rings. The van der Waals surface area contributed by atoms with Crippen LogP contribution in [0.4, 0.5) is 0 Å². The normalized spacial score (nSPS) is 11.8. The summed E-state index contributed by atoms with van der Waals surface area (Å²) < 4.78 is 27.3. The van der Waals surface area contributed by atoms with E-state index in [2.05, 4.69) is 15.5 Å². The van der Waals surface area contributed by atoms with Gasteiger partial charge in [0, 0.05) is 22.4 Å². The first-order valence-electron chi connectivity index (χ1n) is 6.19. The van der Waals surface area contributed by atoms with Gasteiger partial charge < -0.3 is 9.73 Å². The maximum absolute atomic E-state index is 11.7. The predicted octanol–water partition coefficient (Wildman–Crippen LogP) is 2.11. The van der Waals surface area contributed by atoms with Crippen molar-refractivity contribution in [2.45, 2.75) is 11.8 Å². The number of halogens is 2. The Balaban J connectivity index is 1.95. The smallest absolute Gasteiger partial charge is 0.335 e. The zero-order chi connectivity index (χ0) is 17.0. The van der Waals surface area contributed by atoms with Crippen LogP contribution < -0.4 is 5.32 Å². The topological polar surface area (TPSA) is 102 Å². The summed E-state index contributed by atoms with van der Waals surface area (Å²) in [6.45, 7) is -0.0972. The summed E-state index contributed by atoms with van der Waals surface area (Å²) in [5, 5.41) is 9.79. The van der Waals surface area contributed by atoms with Crippen LogP contribution in [0.25, 0.3) is 6.08 Å². The number of amides is 1. The van der Waals surface area contributed by atoms with E-state index in [1.807, 2.05) is 0 Å². The molecule has 1 aromatic carbocycles. The molecule has 0 unspecified atom stereocenters. The number of hydrogen-bond acceptors (Lipinski definition) is 6. The van der Waals surface area contributed by atoms with Gasteiger partial charge in [0.15, 0.2) is 0 Å². The molecule has 0 aliphatic heterocycles. The number of aromatic nitrogens is 2. The van der Waals surface area contributed by atoms with Crippen molar-refractivity contribution >= 4 is 45.0 Å². The first kappa shape index (κ1) is 17.5. The fraction of sp³-hybridized carbons (Fsp3) is 0.154. The molecule has 1 aromatic heterocycles. The van der Waals surface area contributed by atoms with Crippen LogP contribution in [0.5, 0.6) is 0 Å². The van der Waals surface area contributed by atoms with Crippen molar-refractivity contribution in [3.63, 3.8) is 0 Å². The van der Waals surface area contributed by atoms with Gasteiger partial charge in [0.1, 0.15) is 0 Å². The molecule has 10 heteroatoms. The average molecular weight is 376 g/mol. The van der Waals surface area contributed by atoms with Gasteiger partial charge in [-0.1, -0.05) is 34.4 Å². The Morgan fingerprint density at radius 3 is 2.70 bits per heavy atom. The van der Waals surface area contributed by atoms with Crippen LogP contribution in [-0.4, -0.2) is 30.8 Å². The fourth-order valence-electron chi connectivity index (χ4n) is 1.48. The second-order valence-electron chi connectivity index (χ2n) is 4.45. The Bertz CT molecular complexity index is 862. The molecule has 7 nitrogen and oxygen atoms in total. The maximum Gasteiger partial charge on any atom is 0.335 e. The number of carbonyl (C=O) groups is 1. The molecule has 1 heterocycles. The second kappa shape index (κ2) is 7.12. The van der Waals surface area contributed by atoms with E-state index in [0.717, 1.165) is 6.26 Å². The lowest BCUT2D eigenvalue weighted by Crippen LogP contribution is -2.20. The molecule has 0 radical (unpaired) electrons. The number of nitrogens with one attached hydrogen (secondary N) is 1. The summed E-state index contributed by atoms with van der Waals surface area (Å²) in [5.41, 5.74) is 0.628. The number of rotatable bonds is 5. The van der Waals surface area contributed by atoms with Crippen LogP contribution in [0, 0.1) is 0 Å². The molecule has 1 N–H and O–H groups in total. The van der Waals surface area contributed by atoms with Crippen LogP contribution in [0.2, 0.25) is 10.0 Å². The molecule has 0 spiro atoms. The number of carbonyl (C=O) groups excluding carboxylic acids is 1. The molecule has 2 rings (SSSR count). The van der Waals surface area contributed by atoms with Crippen molar-refractivity contribution in [1.82, 2.24) is 15.5 Å². The Morgan fingerprint density at radius 1 is 1.35 bits per heavy atom. The molecule has 0 saturated carbocycles. The van der Waals surface area contributed by atoms with Gasteiger partial charge >= 0.3 is 5.22 Å². The standard InChI is InChI=1S/C13H11Cl2N3O4S/c1-23(20,21)13-18-17-12(22-13)7-16-11(19)5-3-8-2-4-9(14)6-10(8)15/h2-6H,7H2,1H3,(H,16,19)/b5-3+. The number of hydrogen-bond donors (Lipinski definition) is 1. The third kappa shape index (κ3) is 5.05. The van der Waals surface area contributed by atoms with E-state index in [1.165, 1.54) is 12.2 Å². The van der Waals surface area contributed by atoms with Gasteiger partial charge in [0.05, 0.1) is 6.54 Å². The summed E-state index contributed by atoms with van der Waals surface area (Å²) in [6.07, 6.45) is 3.73. The summed E-state index contributed by atoms with van der Waals surface area (Å²) >= 11 is 11.8. The molecule has 0 fully saturated rings. The third-order valence-corrected chi connectivity index (χ3v) is 3.92. The lowest BCUT2D eigenvalue weighted by Gasteiger charge is -1.99. The minimum absolute atomic E-state index is 0.0169. The van der Waals surface area contributed by atoms with E-state index in [9.17, 15) is 13.2 Å². The van der Waals surface area contributed by atoms with Crippen molar-refractivity contribution in [2.75, 3.05) is 6.26 Å². The van der Waals surface area contributed by atoms with Gasteiger partial charge in [-0.05, 0) is 23.8 Å². The average Bonchev–Trinajstić information content (AvgIpc) is 2.93. The number of benzene rings is 1. The highest BCUT2D eigenvalue weighted by Crippen LogP contribution is 2.21. The van der Waals surface area contributed by atoms with Crippen molar-refractivity contribution in [3.05, 3.63) is 45.8 Å². The van der Waals surface area contributed by atoms with Crippen LogP contribution >= 0.6 is 23.2 Å². The van der Waals surface area contributed by atoms with Gasteiger partial charge in [0.2, 0.25) is 21.6 Å². The number of nitrogens with zero attached hydrogens (tertiary/aromatic N) is 2. The predicted molar refractivity (Wildman–Crippen MR) is 84.8 cm³/mol. The monoisotopic (exact) mass is 375 g/mol. The SMILES string of the molecule is CS(=O)(=O)c1nnc(CNC(=O)/C=C/c2ccc(Cl)cc2Cl)o1. The molecule has 0 aliphatic carbocycles. The Labute approximate surface area is 142 Å². The van der Waals surface area contributed by atoms with Crippen LogP contribution in [0.1, 0.15) is 11.5 Å². The van der Waals surface area contributed by atoms with Crippen molar-refractivity contribution in [2.24, 2.45) is 0 Å². The summed E-state index contributed by atoms with van der Waals surface area (Å²) in [4.78, 5) is 11.7. The highest BCUT2D eigenvalue weighted by Gasteiger charge is 2.16. The highest BCUT2D eigenvalue weighted by molar-refractivity contribution is 7.90. The van der Waals surface area contributed by atoms with E-state index in [1.54, 1.807) is 18.2 Å². The molecule has 23 heavy (non-hydrogen) atoms. The summed E-state index contributed by atoms with van der Waals surface area (Å²) in [5.74, 6) is -0.452. The van der Waals surface area contributed by atoms with Crippen LogP contribution in [0.3, 0.4) is 0 Å². The number of sulfone groups is 1. The molecule has 0 aliphatic rings. The summed E-state index contributed by atoms with van der Waals surface area (Å²) in [7, 11) is -3.57. The van der Waals surface area contributed by atoms with Gasteiger partial charge in [-0.15, -0.1) is 5.10 Å². The largest absolute Gasteiger partial charge is 0.411 e. The fourth-order valence-corrected chi connectivity index (χ4v) is 2.39. The molecule has 0 atom stereocenters. The Hall–Kier alpha value is -1.90. The van der Waals surface area contributed by atoms with Gasteiger partial charge in [-0.2, -0.15) is 0 Å². The third-order valence-electron chi connectivity index (χ3n) is 2.56. The quantitative estimate of drug-likeness (QED) is 0.802. The molecule has 0 bridgehead atoms. The van der Waals surface area contributed by atoms with E-state index >= 15 is 0 Å². The summed E-state index contributed by atoms with van der Waals surface area (Å²) in [6, 6.07) is 4.88. The van der Waals surface area contributed by atoms with Crippen LogP contribution in [0.15, 0.2) is 33.9 Å². The molecule has 122 valence electrons.